The average molecular weight is 469 g/mol. The van der Waals surface area contributed by atoms with Gasteiger partial charge in [-0.2, -0.15) is 4.68 Å². The van der Waals surface area contributed by atoms with E-state index >= 15 is 0 Å². The smallest absolute Gasteiger partial charge is 0.336 e. The molecule has 5 heterocycles. The minimum Gasteiger partial charge on any atom is -0.456 e. The largest absolute Gasteiger partial charge is 0.456 e. The highest BCUT2D eigenvalue weighted by molar-refractivity contribution is 5.92. The Kier molecular flexibility index (Phi) is 6.00. The van der Waals surface area contributed by atoms with Crippen molar-refractivity contribution in [1.82, 2.24) is 39.9 Å². The van der Waals surface area contributed by atoms with Crippen LogP contribution in [0.15, 0.2) is 35.9 Å². The fraction of sp³-hybridized carbons (Fsp3) is 0.545. The third-order valence-electron chi connectivity index (χ3n) is 6.89. The minimum absolute atomic E-state index is 0.00410. The van der Waals surface area contributed by atoms with Gasteiger partial charge < -0.3 is 19.6 Å². The molecule has 34 heavy (non-hydrogen) atoms. The molecule has 12 heteroatoms. The topological polar surface area (TPSA) is 130 Å². The average Bonchev–Trinajstić information content (AvgIpc) is 3.56. The summed E-state index contributed by atoms with van der Waals surface area (Å²) in [5, 5.41) is 21.7. The molecule has 12 nitrogen and oxygen atoms in total. The summed E-state index contributed by atoms with van der Waals surface area (Å²) in [5.41, 5.74) is 1.94. The molecule has 3 aliphatic heterocycles. The Balaban J connectivity index is 1.15. The summed E-state index contributed by atoms with van der Waals surface area (Å²) < 4.78 is 6.57. The Morgan fingerprint density at radius 3 is 2.65 bits per heavy atom. The van der Waals surface area contributed by atoms with E-state index in [0.29, 0.717) is 30.2 Å². The lowest BCUT2D eigenvalue weighted by molar-refractivity contribution is -0.136. The van der Waals surface area contributed by atoms with Gasteiger partial charge in [-0.1, -0.05) is 6.07 Å². The van der Waals surface area contributed by atoms with Crippen LogP contribution in [0.5, 0.6) is 0 Å². The van der Waals surface area contributed by atoms with Gasteiger partial charge in [0.25, 0.3) is 0 Å². The van der Waals surface area contributed by atoms with Crippen LogP contribution in [0, 0.1) is 0 Å². The number of nitrogens with zero attached hydrogens (tertiary/aromatic N) is 8. The highest BCUT2D eigenvalue weighted by Crippen LogP contribution is 2.31. The molecule has 0 saturated carbocycles. The van der Waals surface area contributed by atoms with Crippen molar-refractivity contribution < 1.29 is 19.4 Å². The fourth-order valence-electron chi connectivity index (χ4n) is 4.94. The number of β-amino-alcohol motifs (C(OH)–C–C–N with tert-alkyl or cyclic N) is 1. The van der Waals surface area contributed by atoms with Crippen LogP contribution in [-0.2, 0) is 9.53 Å². The van der Waals surface area contributed by atoms with Crippen molar-refractivity contribution in [3.05, 3.63) is 41.5 Å². The Labute approximate surface area is 196 Å². The number of hydrogen-bond acceptors (Lipinski definition) is 9. The van der Waals surface area contributed by atoms with Crippen LogP contribution in [-0.4, -0.2) is 102 Å². The number of ether oxygens (including phenoxy) is 1. The number of urea groups is 1. The molecule has 2 saturated heterocycles. The van der Waals surface area contributed by atoms with Gasteiger partial charge >= 0.3 is 12.0 Å². The maximum absolute atomic E-state index is 13.2. The molecule has 5 rings (SSSR count). The van der Waals surface area contributed by atoms with Crippen LogP contribution in [0.25, 0.3) is 5.82 Å². The summed E-state index contributed by atoms with van der Waals surface area (Å²) in [6, 6.07) is 3.69. The van der Waals surface area contributed by atoms with E-state index in [1.54, 1.807) is 24.1 Å². The second kappa shape index (κ2) is 9.11. The molecule has 0 bridgehead atoms. The number of hydrogen-bond donors (Lipinski definition) is 1. The third-order valence-corrected chi connectivity index (χ3v) is 6.89. The molecule has 0 radical (unpaired) electrons. The van der Waals surface area contributed by atoms with Crippen LogP contribution in [0.1, 0.15) is 38.4 Å². The number of aliphatic hydroxyl groups is 1. The summed E-state index contributed by atoms with van der Waals surface area (Å²) in [4.78, 5) is 35.2. The number of rotatable bonds is 6. The van der Waals surface area contributed by atoms with E-state index in [1.165, 1.54) is 11.0 Å². The molecule has 3 aliphatic rings. The van der Waals surface area contributed by atoms with Gasteiger partial charge in [0.2, 0.25) is 0 Å². The van der Waals surface area contributed by atoms with Crippen molar-refractivity contribution in [3.63, 3.8) is 0 Å². The quantitative estimate of drug-likeness (QED) is 0.603. The second-order valence-electron chi connectivity index (χ2n) is 9.05. The molecule has 1 N–H and O–H groups in total. The van der Waals surface area contributed by atoms with Crippen LogP contribution >= 0.6 is 0 Å². The molecule has 2 fully saturated rings. The van der Waals surface area contributed by atoms with Crippen LogP contribution in [0.3, 0.4) is 0 Å². The highest BCUT2D eigenvalue weighted by atomic mass is 16.5. The first kappa shape index (κ1) is 22.4. The Bertz CT molecular complexity index is 1080. The maximum Gasteiger partial charge on any atom is 0.336 e. The molecule has 180 valence electrons. The van der Waals surface area contributed by atoms with Crippen molar-refractivity contribution in [2.75, 3.05) is 32.8 Å². The maximum atomic E-state index is 13.2. The van der Waals surface area contributed by atoms with Gasteiger partial charge in [-0.25, -0.2) is 14.6 Å². The van der Waals surface area contributed by atoms with Crippen molar-refractivity contribution in [2.45, 2.75) is 44.9 Å². The number of cyclic esters (lactones) is 1. The summed E-state index contributed by atoms with van der Waals surface area (Å²) in [6.07, 6.45) is 4.12. The predicted molar refractivity (Wildman–Crippen MR) is 118 cm³/mol. The standard InChI is InChI=1S/C22H28N8O4/c1-14-10-28(22(33)30(14)18-12-34-21(32)15(18)2)17-5-7-27(8-6-17)11-19(31)16-3-4-20(23-9-16)29-13-24-25-26-29/h3-4,9,13-14,17,19,31H,5-8,10-12H2,1-2H3/t14?,19-/m0/s1. The number of carbonyl (C=O) groups excluding carboxylic acids is 2. The van der Waals surface area contributed by atoms with Gasteiger partial charge in [-0.05, 0) is 43.2 Å². The van der Waals surface area contributed by atoms with Crippen molar-refractivity contribution in [3.8, 4) is 5.82 Å². The molecule has 2 atom stereocenters. The number of tetrazole rings is 1. The van der Waals surface area contributed by atoms with Crippen LogP contribution < -0.4 is 0 Å². The van der Waals surface area contributed by atoms with Crippen molar-refractivity contribution in [1.29, 1.82) is 0 Å². The molecule has 0 aliphatic carbocycles. The lowest BCUT2D eigenvalue weighted by Crippen LogP contribution is -2.47. The molecular weight excluding hydrogens is 440 g/mol. The molecule has 2 amide bonds. The van der Waals surface area contributed by atoms with E-state index < -0.39 is 6.10 Å². The zero-order chi connectivity index (χ0) is 23.8. The van der Waals surface area contributed by atoms with E-state index in [0.717, 1.165) is 31.5 Å². The van der Waals surface area contributed by atoms with E-state index in [2.05, 4.69) is 25.4 Å². The normalized spacial score (nSPS) is 23.2. The van der Waals surface area contributed by atoms with Gasteiger partial charge in [0.1, 0.15) is 12.9 Å². The number of piperidine rings is 1. The fourth-order valence-corrected chi connectivity index (χ4v) is 4.94. The number of carbonyl (C=O) groups is 2. The van der Waals surface area contributed by atoms with Gasteiger partial charge in [0.05, 0.1) is 23.4 Å². The van der Waals surface area contributed by atoms with Gasteiger partial charge in [-0.15, -0.1) is 5.10 Å². The molecule has 0 aromatic carbocycles. The van der Waals surface area contributed by atoms with Gasteiger partial charge in [0.15, 0.2) is 5.82 Å². The predicted octanol–water partition coefficient (Wildman–Crippen LogP) is 0.512. The number of pyridine rings is 1. The summed E-state index contributed by atoms with van der Waals surface area (Å²) in [6.45, 7) is 6.60. The lowest BCUT2D eigenvalue weighted by atomic mass is 10.0. The number of amides is 2. The Morgan fingerprint density at radius 1 is 1.24 bits per heavy atom. The molecule has 2 aromatic rings. The van der Waals surface area contributed by atoms with Crippen LogP contribution in [0.4, 0.5) is 4.79 Å². The summed E-state index contributed by atoms with van der Waals surface area (Å²) >= 11 is 0. The Hall–Kier alpha value is -3.38. The number of esters is 1. The van der Waals surface area contributed by atoms with E-state index in [4.69, 9.17) is 4.74 Å². The van der Waals surface area contributed by atoms with Crippen molar-refractivity contribution >= 4 is 12.0 Å². The zero-order valence-corrected chi connectivity index (χ0v) is 19.2. The summed E-state index contributed by atoms with van der Waals surface area (Å²) in [5.74, 6) is 0.236. The number of aromatic nitrogens is 5. The van der Waals surface area contributed by atoms with Gasteiger partial charge in [-0.3, -0.25) is 4.90 Å². The molecule has 1 unspecified atom stereocenters. The van der Waals surface area contributed by atoms with E-state index in [-0.39, 0.29) is 30.7 Å². The van der Waals surface area contributed by atoms with Crippen molar-refractivity contribution in [2.24, 2.45) is 0 Å². The monoisotopic (exact) mass is 468 g/mol. The number of likely N-dealkylation sites (tertiary alicyclic amines) is 1. The molecular formula is C22H28N8O4. The summed E-state index contributed by atoms with van der Waals surface area (Å²) in [7, 11) is 0. The molecule has 2 aromatic heterocycles. The van der Waals surface area contributed by atoms with Crippen LogP contribution in [0.2, 0.25) is 0 Å². The number of aliphatic hydroxyl groups excluding tert-OH is 1. The highest BCUT2D eigenvalue weighted by Gasteiger charge is 2.43. The third kappa shape index (κ3) is 4.14. The molecule has 0 spiro atoms. The second-order valence-corrected chi connectivity index (χ2v) is 9.05. The minimum atomic E-state index is -0.661. The van der Waals surface area contributed by atoms with Gasteiger partial charge in [0, 0.05) is 44.0 Å². The first-order valence-electron chi connectivity index (χ1n) is 11.5. The van der Waals surface area contributed by atoms with E-state index in [9.17, 15) is 14.7 Å². The Morgan fingerprint density at radius 2 is 2.03 bits per heavy atom. The van der Waals surface area contributed by atoms with E-state index in [1.807, 2.05) is 17.9 Å². The SMILES string of the molecule is CC1=C(N2C(=O)N(C3CCN(C[C@H](O)c4ccc(-n5cnnn5)nc4)CC3)CC2C)COC1=O. The first-order chi connectivity index (χ1) is 16.4. The lowest BCUT2D eigenvalue weighted by Gasteiger charge is -2.37. The zero-order valence-electron chi connectivity index (χ0n) is 19.2. The first-order valence-corrected chi connectivity index (χ1v) is 11.5.